The number of aromatic nitrogens is 2. The van der Waals surface area contributed by atoms with Crippen LogP contribution in [0.25, 0.3) is 0 Å². The molecule has 0 radical (unpaired) electrons. The molecular weight excluding hydrogens is 246 g/mol. The van der Waals surface area contributed by atoms with E-state index in [1.165, 1.54) is 0 Å². The molecule has 0 bridgehead atoms. The van der Waals surface area contributed by atoms with Crippen LogP contribution in [0.2, 0.25) is 5.02 Å². The van der Waals surface area contributed by atoms with Crippen LogP contribution in [-0.4, -0.2) is 22.9 Å². The van der Waals surface area contributed by atoms with E-state index in [-0.39, 0.29) is 5.41 Å². The summed E-state index contributed by atoms with van der Waals surface area (Å²) >= 11 is 6.36. The Kier molecular flexibility index (Phi) is 5.67. The predicted molar refractivity (Wildman–Crippen MR) is 78.2 cm³/mol. The number of nitrogens with one attached hydrogen (secondary N) is 1. The molecule has 18 heavy (non-hydrogen) atoms. The molecule has 0 aliphatic heterocycles. The lowest BCUT2D eigenvalue weighted by atomic mass is 9.78. The first kappa shape index (κ1) is 15.5. The second-order valence-corrected chi connectivity index (χ2v) is 5.51. The summed E-state index contributed by atoms with van der Waals surface area (Å²) in [6.07, 6.45) is 3.29. The Morgan fingerprint density at radius 1 is 1.28 bits per heavy atom. The molecule has 1 aromatic heterocycles. The first-order chi connectivity index (χ1) is 8.49. The van der Waals surface area contributed by atoms with Crippen molar-refractivity contribution in [3.63, 3.8) is 0 Å². The normalized spacial score (nSPS) is 12.1. The van der Waals surface area contributed by atoms with E-state index in [2.05, 4.69) is 31.2 Å². The Labute approximate surface area is 116 Å². The van der Waals surface area contributed by atoms with Gasteiger partial charge in [-0.25, -0.2) is 0 Å². The second kappa shape index (κ2) is 6.58. The smallest absolute Gasteiger partial charge is 0.0847 e. The summed E-state index contributed by atoms with van der Waals surface area (Å²) in [6, 6.07) is 0. The zero-order valence-electron chi connectivity index (χ0n) is 12.3. The van der Waals surface area contributed by atoms with Gasteiger partial charge in [-0.2, -0.15) is 5.10 Å². The lowest BCUT2D eigenvalue weighted by molar-refractivity contribution is 0.243. The zero-order chi connectivity index (χ0) is 13.8. The number of halogens is 1. The van der Waals surface area contributed by atoms with E-state index in [0.717, 1.165) is 48.8 Å². The van der Waals surface area contributed by atoms with Gasteiger partial charge in [-0.05, 0) is 38.1 Å². The molecule has 0 aliphatic rings. The lowest BCUT2D eigenvalue weighted by Crippen LogP contribution is -2.36. The van der Waals surface area contributed by atoms with Crippen molar-refractivity contribution in [3.8, 4) is 0 Å². The van der Waals surface area contributed by atoms with Crippen molar-refractivity contribution in [3.05, 3.63) is 16.4 Å². The van der Waals surface area contributed by atoms with Gasteiger partial charge in [-0.1, -0.05) is 32.4 Å². The zero-order valence-corrected chi connectivity index (χ0v) is 13.1. The third-order valence-corrected chi connectivity index (χ3v) is 4.55. The predicted octanol–water partition coefficient (Wildman–Crippen LogP) is 3.34. The van der Waals surface area contributed by atoms with Crippen molar-refractivity contribution in [2.45, 2.75) is 47.0 Å². The SMILES string of the molecule is CCNCC(CC)(CC)Cc1c(Cl)c(C)nn1C. The first-order valence-electron chi connectivity index (χ1n) is 6.88. The van der Waals surface area contributed by atoms with Crippen LogP contribution in [0.5, 0.6) is 0 Å². The average Bonchev–Trinajstić information content (AvgIpc) is 2.61. The van der Waals surface area contributed by atoms with Crippen LogP contribution >= 0.6 is 11.6 Å². The Balaban J connectivity index is 2.95. The lowest BCUT2D eigenvalue weighted by Gasteiger charge is -2.32. The van der Waals surface area contributed by atoms with Gasteiger partial charge < -0.3 is 5.32 Å². The molecule has 0 amide bonds. The van der Waals surface area contributed by atoms with Gasteiger partial charge in [0.25, 0.3) is 0 Å². The summed E-state index contributed by atoms with van der Waals surface area (Å²) in [7, 11) is 1.98. The highest BCUT2D eigenvalue weighted by atomic mass is 35.5. The number of hydrogen-bond acceptors (Lipinski definition) is 2. The summed E-state index contributed by atoms with van der Waals surface area (Å²) < 4.78 is 1.93. The molecule has 104 valence electrons. The van der Waals surface area contributed by atoms with Gasteiger partial charge in [-0.15, -0.1) is 0 Å². The Bertz CT molecular complexity index is 381. The molecule has 0 saturated carbocycles. The third-order valence-electron chi connectivity index (χ3n) is 4.05. The van der Waals surface area contributed by atoms with Crippen molar-refractivity contribution >= 4 is 11.6 Å². The number of hydrogen-bond donors (Lipinski definition) is 1. The molecule has 0 saturated heterocycles. The van der Waals surface area contributed by atoms with Crippen molar-refractivity contribution in [1.29, 1.82) is 0 Å². The Morgan fingerprint density at radius 3 is 2.28 bits per heavy atom. The molecule has 1 rings (SSSR count). The maximum absolute atomic E-state index is 6.36. The van der Waals surface area contributed by atoms with Crippen LogP contribution in [0.1, 0.15) is 45.0 Å². The fourth-order valence-corrected chi connectivity index (χ4v) is 2.66. The summed E-state index contributed by atoms with van der Waals surface area (Å²) in [5, 5.41) is 8.73. The van der Waals surface area contributed by atoms with Gasteiger partial charge in [0.2, 0.25) is 0 Å². The second-order valence-electron chi connectivity index (χ2n) is 5.13. The van der Waals surface area contributed by atoms with Crippen LogP contribution < -0.4 is 5.32 Å². The standard InChI is InChI=1S/C14H26ClN3/c1-6-14(7-2,10-16-8-3)9-12-13(15)11(4)17-18(12)5/h16H,6-10H2,1-5H3. The van der Waals surface area contributed by atoms with E-state index in [1.807, 2.05) is 18.7 Å². The molecule has 0 spiro atoms. The van der Waals surface area contributed by atoms with Gasteiger partial charge in [-0.3, -0.25) is 4.68 Å². The Hall–Kier alpha value is -0.540. The molecule has 0 aliphatic carbocycles. The van der Waals surface area contributed by atoms with Crippen molar-refractivity contribution in [2.24, 2.45) is 12.5 Å². The molecule has 0 aromatic carbocycles. The summed E-state index contributed by atoms with van der Waals surface area (Å²) in [5.41, 5.74) is 2.37. The monoisotopic (exact) mass is 271 g/mol. The highest BCUT2D eigenvalue weighted by Crippen LogP contribution is 2.33. The van der Waals surface area contributed by atoms with E-state index in [9.17, 15) is 0 Å². The number of aryl methyl sites for hydroxylation is 2. The fourth-order valence-electron chi connectivity index (χ4n) is 2.43. The highest BCUT2D eigenvalue weighted by Gasteiger charge is 2.29. The third kappa shape index (κ3) is 3.27. The number of nitrogens with zero attached hydrogens (tertiary/aromatic N) is 2. The first-order valence-corrected chi connectivity index (χ1v) is 7.26. The molecule has 3 nitrogen and oxygen atoms in total. The van der Waals surface area contributed by atoms with Crippen LogP contribution in [0.4, 0.5) is 0 Å². The van der Waals surface area contributed by atoms with E-state index >= 15 is 0 Å². The molecule has 1 aromatic rings. The van der Waals surface area contributed by atoms with Crippen molar-refractivity contribution < 1.29 is 0 Å². The van der Waals surface area contributed by atoms with Crippen LogP contribution in [0.3, 0.4) is 0 Å². The highest BCUT2D eigenvalue weighted by molar-refractivity contribution is 6.31. The van der Waals surface area contributed by atoms with Crippen LogP contribution in [0.15, 0.2) is 0 Å². The van der Waals surface area contributed by atoms with E-state index in [0.29, 0.717) is 0 Å². The fraction of sp³-hybridized carbons (Fsp3) is 0.786. The number of rotatable bonds is 7. The quantitative estimate of drug-likeness (QED) is 0.824. The molecule has 1 heterocycles. The summed E-state index contributed by atoms with van der Waals surface area (Å²) in [4.78, 5) is 0. The van der Waals surface area contributed by atoms with E-state index in [4.69, 9.17) is 11.6 Å². The van der Waals surface area contributed by atoms with Gasteiger partial charge in [0, 0.05) is 13.6 Å². The van der Waals surface area contributed by atoms with Gasteiger partial charge in [0.05, 0.1) is 16.4 Å². The molecule has 4 heteroatoms. The van der Waals surface area contributed by atoms with E-state index < -0.39 is 0 Å². The molecular formula is C14H26ClN3. The molecule has 0 unspecified atom stereocenters. The summed E-state index contributed by atoms with van der Waals surface area (Å²) in [6.45, 7) is 10.7. The molecule has 1 N–H and O–H groups in total. The van der Waals surface area contributed by atoms with Crippen LogP contribution in [0, 0.1) is 12.3 Å². The van der Waals surface area contributed by atoms with Crippen molar-refractivity contribution in [2.75, 3.05) is 13.1 Å². The van der Waals surface area contributed by atoms with Gasteiger partial charge >= 0.3 is 0 Å². The van der Waals surface area contributed by atoms with E-state index in [1.54, 1.807) is 0 Å². The summed E-state index contributed by atoms with van der Waals surface area (Å²) in [5.74, 6) is 0. The largest absolute Gasteiger partial charge is 0.316 e. The minimum Gasteiger partial charge on any atom is -0.316 e. The van der Waals surface area contributed by atoms with Gasteiger partial charge in [0.15, 0.2) is 0 Å². The molecule has 0 fully saturated rings. The minimum atomic E-state index is 0.278. The topological polar surface area (TPSA) is 29.9 Å². The molecule has 0 atom stereocenters. The minimum absolute atomic E-state index is 0.278. The van der Waals surface area contributed by atoms with Gasteiger partial charge in [0.1, 0.15) is 0 Å². The maximum atomic E-state index is 6.36. The maximum Gasteiger partial charge on any atom is 0.0847 e. The van der Waals surface area contributed by atoms with Crippen molar-refractivity contribution in [1.82, 2.24) is 15.1 Å². The average molecular weight is 272 g/mol. The Morgan fingerprint density at radius 2 is 1.89 bits per heavy atom. The van der Waals surface area contributed by atoms with Crippen LogP contribution in [-0.2, 0) is 13.5 Å².